The number of aryl methyl sites for hydroxylation is 2. The zero-order valence-corrected chi connectivity index (χ0v) is 25.8. The highest BCUT2D eigenvalue weighted by Gasteiger charge is 2.23. The number of thiol groups is 2. The largest absolute Gasteiger partial charge is 0.292 e. The maximum Gasteiger partial charge on any atom is 0.229 e. The summed E-state index contributed by atoms with van der Waals surface area (Å²) in [5.74, 6) is 0. The summed E-state index contributed by atoms with van der Waals surface area (Å²) >= 11 is 0. The lowest BCUT2D eigenvalue weighted by Gasteiger charge is -2.28. The van der Waals surface area contributed by atoms with Crippen LogP contribution in [0.1, 0.15) is 44.4 Å². The average Bonchev–Trinajstić information content (AvgIpc) is 2.88. The van der Waals surface area contributed by atoms with Gasteiger partial charge in [-0.25, -0.2) is 25.4 Å². The first-order valence-corrected chi connectivity index (χ1v) is 15.4. The molecule has 3 rings (SSSR count). The van der Waals surface area contributed by atoms with Crippen LogP contribution in [0.15, 0.2) is 90.0 Å². The fraction of sp³-hybridized carbons (Fsp3) is 0.290. The predicted octanol–water partition coefficient (Wildman–Crippen LogP) is 6.37. The molecule has 0 radical (unpaired) electrons. The minimum Gasteiger partial charge on any atom is -0.292 e. The first-order chi connectivity index (χ1) is 19.0. The normalized spacial score (nSPS) is 11.1. The van der Waals surface area contributed by atoms with Crippen molar-refractivity contribution in [2.75, 3.05) is 21.7 Å². The molecule has 0 saturated carbocycles. The van der Waals surface area contributed by atoms with Crippen LogP contribution in [0.3, 0.4) is 0 Å². The van der Waals surface area contributed by atoms with Gasteiger partial charge in [0.25, 0.3) is 0 Å². The van der Waals surface area contributed by atoms with Crippen molar-refractivity contribution < 1.29 is 16.8 Å². The van der Waals surface area contributed by atoms with E-state index in [0.717, 1.165) is 34.1 Å². The molecule has 214 valence electrons. The molecular formula is C31H39N3O4S2. The molecule has 9 heteroatoms. The zero-order chi connectivity index (χ0) is 29.4. The van der Waals surface area contributed by atoms with E-state index in [0.29, 0.717) is 17.9 Å². The van der Waals surface area contributed by atoms with Crippen LogP contribution in [0.5, 0.6) is 0 Å². The van der Waals surface area contributed by atoms with Crippen molar-refractivity contribution in [2.24, 2.45) is 0 Å². The molecule has 0 N–H and O–H groups in total. The molecule has 0 aromatic heterocycles. The third kappa shape index (κ3) is 8.55. The van der Waals surface area contributed by atoms with Crippen LogP contribution in [0.25, 0.3) is 0 Å². The highest BCUT2D eigenvalue weighted by molar-refractivity contribution is 7.75. The number of hydrogen-bond donors (Lipinski definition) is 2. The van der Waals surface area contributed by atoms with Gasteiger partial charge >= 0.3 is 0 Å². The SMILES string of the molecule is CC(C)=CCN(CC=C(C)C)Cc1ccc(N(c2ccc(C)cc2)[SH](=O)=O)c(N(c2ccc(C)cc2)[SH](=O)=O)c1. The monoisotopic (exact) mass is 581 g/mol. The van der Waals surface area contributed by atoms with Crippen LogP contribution in [-0.4, -0.2) is 34.8 Å². The standard InChI is InChI=1S/C31H39N3O4S2/c1-23(2)17-19-32(20-18-24(3)4)22-27-11-16-30(33(39(35)36)28-12-7-25(5)8-13-28)31(21-27)34(40(37)38)29-14-9-26(6)10-15-29/h7-18,21,39-40H,19-20,22H2,1-6H3. The Morgan fingerprint density at radius 3 is 1.45 bits per heavy atom. The Morgan fingerprint density at radius 1 is 0.625 bits per heavy atom. The zero-order valence-electron chi connectivity index (χ0n) is 24.0. The van der Waals surface area contributed by atoms with Gasteiger partial charge in [0.05, 0.1) is 22.7 Å². The summed E-state index contributed by atoms with van der Waals surface area (Å²) in [6, 6.07) is 19.5. The second-order valence-corrected chi connectivity index (χ2v) is 12.1. The van der Waals surface area contributed by atoms with Crippen molar-refractivity contribution in [3.8, 4) is 0 Å². The quantitative estimate of drug-likeness (QED) is 0.192. The van der Waals surface area contributed by atoms with Gasteiger partial charge in [-0.15, -0.1) is 0 Å². The molecule has 0 atom stereocenters. The Morgan fingerprint density at radius 2 is 1.05 bits per heavy atom. The van der Waals surface area contributed by atoms with Crippen molar-refractivity contribution in [1.29, 1.82) is 0 Å². The number of nitrogens with zero attached hydrogens (tertiary/aromatic N) is 3. The molecule has 0 fully saturated rings. The molecular weight excluding hydrogens is 542 g/mol. The van der Waals surface area contributed by atoms with E-state index in [2.05, 4.69) is 44.7 Å². The molecule has 0 bridgehead atoms. The Balaban J connectivity index is 2.21. The number of rotatable bonds is 12. The Hall–Kier alpha value is -3.40. The molecule has 7 nitrogen and oxygen atoms in total. The maximum absolute atomic E-state index is 12.8. The summed E-state index contributed by atoms with van der Waals surface area (Å²) in [7, 11) is -6.28. The van der Waals surface area contributed by atoms with Gasteiger partial charge in [-0.05, 0) is 83.5 Å². The van der Waals surface area contributed by atoms with Crippen molar-refractivity contribution in [2.45, 2.75) is 48.1 Å². The van der Waals surface area contributed by atoms with Gasteiger partial charge < -0.3 is 0 Å². The lowest BCUT2D eigenvalue weighted by Crippen LogP contribution is -2.25. The first-order valence-electron chi connectivity index (χ1n) is 13.1. The maximum atomic E-state index is 12.8. The van der Waals surface area contributed by atoms with E-state index in [4.69, 9.17) is 0 Å². The number of hydrogen-bond acceptors (Lipinski definition) is 5. The highest BCUT2D eigenvalue weighted by atomic mass is 32.2. The summed E-state index contributed by atoms with van der Waals surface area (Å²) in [5, 5.41) is 0. The van der Waals surface area contributed by atoms with Gasteiger partial charge in [0.1, 0.15) is 0 Å². The van der Waals surface area contributed by atoms with Gasteiger partial charge in [-0.1, -0.05) is 64.8 Å². The Kier molecular flexibility index (Phi) is 11.1. The van der Waals surface area contributed by atoms with E-state index in [1.165, 1.54) is 15.5 Å². The van der Waals surface area contributed by atoms with Gasteiger partial charge in [0.2, 0.25) is 21.8 Å². The number of allylic oxidation sites excluding steroid dienone is 2. The highest BCUT2D eigenvalue weighted by Crippen LogP contribution is 2.39. The molecule has 0 saturated heterocycles. The van der Waals surface area contributed by atoms with Crippen molar-refractivity contribution >= 4 is 44.5 Å². The van der Waals surface area contributed by atoms with Crippen LogP contribution in [0, 0.1) is 13.8 Å². The fourth-order valence-corrected chi connectivity index (χ4v) is 5.44. The summed E-state index contributed by atoms with van der Waals surface area (Å²) in [6.07, 6.45) is 4.31. The van der Waals surface area contributed by atoms with E-state index < -0.39 is 21.8 Å². The van der Waals surface area contributed by atoms with Crippen LogP contribution in [0.2, 0.25) is 0 Å². The molecule has 3 aromatic rings. The Labute approximate surface area is 242 Å². The minimum absolute atomic E-state index is 0.253. The fourth-order valence-electron chi connectivity index (χ4n) is 4.12. The second kappa shape index (κ2) is 14.3. The van der Waals surface area contributed by atoms with E-state index in [-0.39, 0.29) is 11.4 Å². The van der Waals surface area contributed by atoms with Gasteiger partial charge in [0.15, 0.2) is 0 Å². The van der Waals surface area contributed by atoms with Crippen LogP contribution in [0.4, 0.5) is 22.7 Å². The molecule has 0 aliphatic rings. The lowest BCUT2D eigenvalue weighted by molar-refractivity contribution is 0.326. The minimum atomic E-state index is -3.15. The van der Waals surface area contributed by atoms with E-state index in [9.17, 15) is 16.8 Å². The molecule has 3 aromatic carbocycles. The third-order valence-electron chi connectivity index (χ3n) is 6.30. The molecule has 40 heavy (non-hydrogen) atoms. The van der Waals surface area contributed by atoms with Crippen molar-refractivity contribution in [3.05, 3.63) is 107 Å². The molecule has 0 amide bonds. The van der Waals surface area contributed by atoms with E-state index >= 15 is 0 Å². The van der Waals surface area contributed by atoms with Crippen molar-refractivity contribution in [1.82, 2.24) is 4.90 Å². The molecule has 0 spiro atoms. The van der Waals surface area contributed by atoms with Crippen LogP contribution >= 0.6 is 0 Å². The average molecular weight is 582 g/mol. The number of anilines is 4. The molecule has 0 unspecified atom stereocenters. The lowest BCUT2D eigenvalue weighted by atomic mass is 10.1. The third-order valence-corrected chi connectivity index (χ3v) is 7.85. The summed E-state index contributed by atoms with van der Waals surface area (Å²) < 4.78 is 53.2. The molecule has 0 heterocycles. The van der Waals surface area contributed by atoms with Crippen molar-refractivity contribution in [3.63, 3.8) is 0 Å². The topological polar surface area (TPSA) is 78.0 Å². The second-order valence-electron chi connectivity index (χ2n) is 10.4. The smallest absolute Gasteiger partial charge is 0.229 e. The van der Waals surface area contributed by atoms with Gasteiger partial charge in [-0.2, -0.15) is 0 Å². The van der Waals surface area contributed by atoms with E-state index in [1.54, 1.807) is 36.4 Å². The van der Waals surface area contributed by atoms with Crippen LogP contribution in [-0.2, 0) is 28.3 Å². The summed E-state index contributed by atoms with van der Waals surface area (Å²) in [5.41, 5.74) is 6.62. The Bertz CT molecular complexity index is 1480. The van der Waals surface area contributed by atoms with Crippen LogP contribution < -0.4 is 8.61 Å². The summed E-state index contributed by atoms with van der Waals surface area (Å²) in [6.45, 7) is 14.1. The predicted molar refractivity (Wildman–Crippen MR) is 168 cm³/mol. The molecule has 0 aliphatic heterocycles. The molecule has 0 aliphatic carbocycles. The van der Waals surface area contributed by atoms with E-state index in [1.807, 2.05) is 44.2 Å². The van der Waals surface area contributed by atoms with Gasteiger partial charge in [0, 0.05) is 19.6 Å². The summed E-state index contributed by atoms with van der Waals surface area (Å²) in [4.78, 5) is 2.25. The van der Waals surface area contributed by atoms with Gasteiger partial charge in [-0.3, -0.25) is 4.90 Å². The number of benzene rings is 3. The first kappa shape index (κ1) is 31.1.